The lowest BCUT2D eigenvalue weighted by Crippen LogP contribution is -2.43. The lowest BCUT2D eigenvalue weighted by Gasteiger charge is -2.30. The van der Waals surface area contributed by atoms with E-state index >= 15 is 0 Å². The fourth-order valence-electron chi connectivity index (χ4n) is 4.31. The van der Waals surface area contributed by atoms with Crippen LogP contribution in [-0.4, -0.2) is 39.0 Å². The number of nitrogens with one attached hydrogen (secondary N) is 2. The number of amides is 1. The van der Waals surface area contributed by atoms with E-state index in [1.165, 1.54) is 0 Å². The van der Waals surface area contributed by atoms with E-state index in [0.29, 0.717) is 25.7 Å². The molecule has 1 unspecified atom stereocenters. The lowest BCUT2D eigenvalue weighted by atomic mass is 9.85. The highest BCUT2D eigenvalue weighted by Crippen LogP contribution is 2.30. The van der Waals surface area contributed by atoms with Crippen molar-refractivity contribution in [3.05, 3.63) is 65.7 Å². The molecule has 0 saturated heterocycles. The zero-order chi connectivity index (χ0) is 28.8. The number of sulfonamides is 1. The van der Waals surface area contributed by atoms with Crippen LogP contribution in [0.25, 0.3) is 0 Å². The Morgan fingerprint density at radius 3 is 2.13 bits per heavy atom. The monoisotopic (exact) mass is 569 g/mol. The van der Waals surface area contributed by atoms with Gasteiger partial charge >= 0.3 is 12.1 Å². The molecule has 39 heavy (non-hydrogen) atoms. The fourth-order valence-corrected chi connectivity index (χ4v) is 5.62. The van der Waals surface area contributed by atoms with Gasteiger partial charge in [0.2, 0.25) is 15.9 Å². The first kappa shape index (κ1) is 30.6. The third kappa shape index (κ3) is 8.51. The molecule has 1 saturated carbocycles. The zero-order valence-corrected chi connectivity index (χ0v) is 22.6. The van der Waals surface area contributed by atoms with Crippen molar-refractivity contribution in [1.29, 1.82) is 0 Å². The van der Waals surface area contributed by atoms with Crippen LogP contribution in [0.15, 0.2) is 59.5 Å². The molecule has 1 aliphatic carbocycles. The van der Waals surface area contributed by atoms with Gasteiger partial charge in [0.15, 0.2) is 0 Å². The van der Waals surface area contributed by atoms with E-state index < -0.39 is 45.9 Å². The van der Waals surface area contributed by atoms with Gasteiger partial charge < -0.3 is 15.8 Å². The quantitative estimate of drug-likeness (QED) is 0.372. The van der Waals surface area contributed by atoms with Gasteiger partial charge in [0.25, 0.3) is 0 Å². The average molecular weight is 570 g/mol. The van der Waals surface area contributed by atoms with Gasteiger partial charge in [-0.2, -0.15) is 13.2 Å². The number of halogens is 3. The fraction of sp³-hybridized carbons (Fsp3) is 0.481. The molecular weight excluding hydrogens is 535 g/mol. The van der Waals surface area contributed by atoms with Gasteiger partial charge in [-0.05, 0) is 61.4 Å². The largest absolute Gasteiger partial charge is 0.462 e. The highest BCUT2D eigenvalue weighted by Gasteiger charge is 2.33. The molecule has 0 radical (unpaired) electrons. The summed E-state index contributed by atoms with van der Waals surface area (Å²) in [5, 5.41) is 2.95. The van der Waals surface area contributed by atoms with Gasteiger partial charge in [-0.3, -0.25) is 9.59 Å². The third-order valence-electron chi connectivity index (χ3n) is 6.81. The van der Waals surface area contributed by atoms with Gasteiger partial charge in [0, 0.05) is 12.0 Å². The van der Waals surface area contributed by atoms with Crippen LogP contribution in [0, 0.1) is 11.8 Å². The first-order valence-electron chi connectivity index (χ1n) is 12.7. The van der Waals surface area contributed by atoms with Crippen LogP contribution in [0.1, 0.15) is 56.7 Å². The van der Waals surface area contributed by atoms with E-state index in [1.54, 1.807) is 0 Å². The summed E-state index contributed by atoms with van der Waals surface area (Å²) >= 11 is 0. The normalized spacial score (nSPS) is 19.8. The standard InChI is InChI=1S/C27H34F3N3O5S/c1-17(2)24(31)26(35)38-16-23(18-6-4-3-5-7-18)32-25(34)19-8-12-21(13-9-19)33-39(36,37)22-14-10-20(11-15-22)27(28,29)30/h3-7,10-11,14-15,17,19,21,23-24,33H,8-9,12-13,16,31H2,1-2H3,(H,32,34)/t19?,21?,23-,24?/m1/s1. The summed E-state index contributed by atoms with van der Waals surface area (Å²) in [6.07, 6.45) is -2.98. The number of rotatable bonds is 10. The van der Waals surface area contributed by atoms with Crippen molar-refractivity contribution in [2.75, 3.05) is 6.61 Å². The topological polar surface area (TPSA) is 128 Å². The molecule has 214 valence electrons. The third-order valence-corrected chi connectivity index (χ3v) is 8.35. The number of ether oxygens (including phenoxy) is 1. The predicted molar refractivity (Wildman–Crippen MR) is 139 cm³/mol. The maximum Gasteiger partial charge on any atom is 0.416 e. The van der Waals surface area contributed by atoms with Crippen molar-refractivity contribution in [2.24, 2.45) is 17.6 Å². The second kappa shape index (κ2) is 12.9. The summed E-state index contributed by atoms with van der Waals surface area (Å²) in [6.45, 7) is 3.53. The van der Waals surface area contributed by atoms with Crippen molar-refractivity contribution >= 4 is 21.9 Å². The Kier molecular flexibility index (Phi) is 10.1. The van der Waals surface area contributed by atoms with Gasteiger partial charge in [0.1, 0.15) is 12.6 Å². The summed E-state index contributed by atoms with van der Waals surface area (Å²) in [5.74, 6) is -1.27. The first-order chi connectivity index (χ1) is 18.3. The number of alkyl halides is 3. The summed E-state index contributed by atoms with van der Waals surface area (Å²) in [6, 6.07) is 10.6. The van der Waals surface area contributed by atoms with Gasteiger partial charge in [0.05, 0.1) is 16.5 Å². The molecule has 2 atom stereocenters. The Balaban J connectivity index is 1.57. The van der Waals surface area contributed by atoms with E-state index in [1.807, 2.05) is 44.2 Å². The van der Waals surface area contributed by atoms with Crippen LogP contribution in [-0.2, 0) is 30.5 Å². The number of nitrogens with two attached hydrogens (primary N) is 1. The minimum absolute atomic E-state index is 0.0860. The summed E-state index contributed by atoms with van der Waals surface area (Å²) in [5.41, 5.74) is 5.69. The van der Waals surface area contributed by atoms with E-state index in [-0.39, 0.29) is 29.2 Å². The number of hydrogen-bond donors (Lipinski definition) is 3. The molecule has 2 aromatic carbocycles. The molecule has 0 bridgehead atoms. The van der Waals surface area contributed by atoms with Crippen LogP contribution >= 0.6 is 0 Å². The minimum atomic E-state index is -4.56. The van der Waals surface area contributed by atoms with E-state index in [2.05, 4.69) is 10.0 Å². The molecule has 0 spiro atoms. The van der Waals surface area contributed by atoms with E-state index in [4.69, 9.17) is 10.5 Å². The maximum absolute atomic E-state index is 13.1. The van der Waals surface area contributed by atoms with Crippen molar-refractivity contribution < 1.29 is 35.9 Å². The van der Waals surface area contributed by atoms with E-state index in [0.717, 1.165) is 29.8 Å². The summed E-state index contributed by atoms with van der Waals surface area (Å²) in [7, 11) is -4.02. The predicted octanol–water partition coefficient (Wildman–Crippen LogP) is 3.93. The highest BCUT2D eigenvalue weighted by atomic mass is 32.2. The van der Waals surface area contributed by atoms with Crippen molar-refractivity contribution in [1.82, 2.24) is 10.0 Å². The van der Waals surface area contributed by atoms with Crippen LogP contribution in [0.4, 0.5) is 13.2 Å². The molecular formula is C27H34F3N3O5S. The molecule has 8 nitrogen and oxygen atoms in total. The van der Waals surface area contributed by atoms with Crippen molar-refractivity contribution in [3.8, 4) is 0 Å². The Labute approximate surface area is 226 Å². The Bertz CT molecular complexity index is 1210. The maximum atomic E-state index is 13.1. The Hall–Kier alpha value is -2.96. The van der Waals surface area contributed by atoms with Crippen LogP contribution in [0.3, 0.4) is 0 Å². The molecule has 2 aromatic rings. The van der Waals surface area contributed by atoms with Crippen LogP contribution < -0.4 is 15.8 Å². The number of hydrogen-bond acceptors (Lipinski definition) is 6. The Morgan fingerprint density at radius 1 is 1.00 bits per heavy atom. The van der Waals surface area contributed by atoms with Gasteiger partial charge in [-0.25, -0.2) is 13.1 Å². The molecule has 1 fully saturated rings. The van der Waals surface area contributed by atoms with Crippen LogP contribution in [0.5, 0.6) is 0 Å². The van der Waals surface area contributed by atoms with Gasteiger partial charge in [-0.15, -0.1) is 0 Å². The number of esters is 1. The molecule has 4 N–H and O–H groups in total. The second-order valence-electron chi connectivity index (χ2n) is 10.1. The smallest absolute Gasteiger partial charge is 0.416 e. The lowest BCUT2D eigenvalue weighted by molar-refractivity contribution is -0.148. The molecule has 1 amide bonds. The second-order valence-corrected chi connectivity index (χ2v) is 11.8. The highest BCUT2D eigenvalue weighted by molar-refractivity contribution is 7.89. The summed E-state index contributed by atoms with van der Waals surface area (Å²) < 4.78 is 71.6. The van der Waals surface area contributed by atoms with Crippen molar-refractivity contribution in [3.63, 3.8) is 0 Å². The summed E-state index contributed by atoms with van der Waals surface area (Å²) in [4.78, 5) is 25.1. The SMILES string of the molecule is CC(C)C(N)C(=O)OC[C@@H](NC(=O)C1CCC(NS(=O)(=O)c2ccc(C(F)(F)F)cc2)CC1)c1ccccc1. The molecule has 12 heteroatoms. The average Bonchev–Trinajstić information content (AvgIpc) is 2.90. The first-order valence-corrected chi connectivity index (χ1v) is 14.2. The van der Waals surface area contributed by atoms with Gasteiger partial charge in [-0.1, -0.05) is 44.2 Å². The number of benzene rings is 2. The van der Waals surface area contributed by atoms with Crippen LogP contribution in [0.2, 0.25) is 0 Å². The minimum Gasteiger partial charge on any atom is -0.462 e. The zero-order valence-electron chi connectivity index (χ0n) is 21.8. The molecule has 3 rings (SSSR count). The molecule has 0 heterocycles. The number of carbonyl (C=O) groups is 2. The van der Waals surface area contributed by atoms with Crippen molar-refractivity contribution in [2.45, 2.75) is 68.7 Å². The molecule has 0 aromatic heterocycles. The van der Waals surface area contributed by atoms with E-state index in [9.17, 15) is 31.2 Å². The molecule has 1 aliphatic rings. The number of carbonyl (C=O) groups excluding carboxylic acids is 2. The molecule has 0 aliphatic heterocycles. The Morgan fingerprint density at radius 2 is 1.59 bits per heavy atom.